The van der Waals surface area contributed by atoms with Crippen molar-refractivity contribution in [2.75, 3.05) is 13.2 Å². The molecule has 17 heavy (non-hydrogen) atoms. The minimum absolute atomic E-state index is 0.659. The van der Waals surface area contributed by atoms with Gasteiger partial charge in [-0.25, -0.2) is 4.98 Å². The van der Waals surface area contributed by atoms with Gasteiger partial charge in [-0.2, -0.15) is 0 Å². The van der Waals surface area contributed by atoms with Crippen molar-refractivity contribution < 1.29 is 9.47 Å². The molecule has 2 heterocycles. The molecule has 1 aromatic carbocycles. The lowest BCUT2D eigenvalue weighted by molar-refractivity contribution is 0.301. The van der Waals surface area contributed by atoms with E-state index in [9.17, 15) is 0 Å². The molecule has 2 aromatic rings. The molecule has 1 aliphatic heterocycles. The first-order valence-corrected chi connectivity index (χ1v) is 5.79. The standard InChI is InChI=1S/C13H14N2O2/c1-2-16-10-3-4-11-12(9-10)17-8-7-15-6-5-14-13(11)15/h3-6,9H,2,7-8H2,1H3. The normalized spacial score (nSPS) is 13.2. The summed E-state index contributed by atoms with van der Waals surface area (Å²) in [6.07, 6.45) is 3.80. The van der Waals surface area contributed by atoms with Crippen molar-refractivity contribution in [2.45, 2.75) is 13.5 Å². The van der Waals surface area contributed by atoms with Crippen molar-refractivity contribution in [1.29, 1.82) is 0 Å². The van der Waals surface area contributed by atoms with Crippen LogP contribution in [0.15, 0.2) is 30.6 Å². The van der Waals surface area contributed by atoms with Gasteiger partial charge in [-0.1, -0.05) is 0 Å². The summed E-state index contributed by atoms with van der Waals surface area (Å²) in [5.74, 6) is 2.65. The third-order valence-electron chi connectivity index (χ3n) is 2.81. The van der Waals surface area contributed by atoms with Crippen LogP contribution in [0.25, 0.3) is 11.4 Å². The number of ether oxygens (including phenoxy) is 2. The van der Waals surface area contributed by atoms with Gasteiger partial charge in [0.25, 0.3) is 0 Å². The summed E-state index contributed by atoms with van der Waals surface area (Å²) >= 11 is 0. The molecule has 0 fully saturated rings. The molecule has 3 rings (SSSR count). The van der Waals surface area contributed by atoms with E-state index < -0.39 is 0 Å². The van der Waals surface area contributed by atoms with Crippen LogP contribution < -0.4 is 9.47 Å². The molecule has 1 aromatic heterocycles. The summed E-state index contributed by atoms with van der Waals surface area (Å²) in [6, 6.07) is 5.89. The van der Waals surface area contributed by atoms with Crippen molar-refractivity contribution in [3.8, 4) is 22.9 Å². The second kappa shape index (κ2) is 4.13. The highest BCUT2D eigenvalue weighted by Crippen LogP contribution is 2.34. The second-order valence-corrected chi connectivity index (χ2v) is 3.88. The van der Waals surface area contributed by atoms with Gasteiger partial charge in [-0.3, -0.25) is 0 Å². The summed E-state index contributed by atoms with van der Waals surface area (Å²) in [6.45, 7) is 4.12. The highest BCUT2D eigenvalue weighted by Gasteiger charge is 2.16. The zero-order valence-electron chi connectivity index (χ0n) is 9.72. The molecule has 0 saturated carbocycles. The number of imidazole rings is 1. The fourth-order valence-electron chi connectivity index (χ4n) is 2.05. The topological polar surface area (TPSA) is 36.3 Å². The van der Waals surface area contributed by atoms with Gasteiger partial charge in [0.1, 0.15) is 23.9 Å². The number of hydrogen-bond donors (Lipinski definition) is 0. The maximum absolute atomic E-state index is 5.74. The molecule has 88 valence electrons. The van der Waals surface area contributed by atoms with E-state index in [0.29, 0.717) is 13.2 Å². The van der Waals surface area contributed by atoms with Crippen molar-refractivity contribution in [1.82, 2.24) is 9.55 Å². The number of aromatic nitrogens is 2. The van der Waals surface area contributed by atoms with Crippen molar-refractivity contribution >= 4 is 0 Å². The van der Waals surface area contributed by atoms with Crippen molar-refractivity contribution in [3.63, 3.8) is 0 Å². The average Bonchev–Trinajstić information content (AvgIpc) is 2.72. The largest absolute Gasteiger partial charge is 0.494 e. The van der Waals surface area contributed by atoms with Gasteiger partial charge in [0.2, 0.25) is 0 Å². The number of nitrogens with zero attached hydrogens (tertiary/aromatic N) is 2. The van der Waals surface area contributed by atoms with E-state index in [1.165, 1.54) is 0 Å². The maximum Gasteiger partial charge on any atom is 0.143 e. The summed E-state index contributed by atoms with van der Waals surface area (Å²) in [5, 5.41) is 0. The van der Waals surface area contributed by atoms with Gasteiger partial charge < -0.3 is 14.0 Å². The first-order chi connectivity index (χ1) is 8.38. The zero-order chi connectivity index (χ0) is 11.7. The zero-order valence-corrected chi connectivity index (χ0v) is 9.72. The molecule has 0 atom stereocenters. The summed E-state index contributed by atoms with van der Waals surface area (Å²) in [5.41, 5.74) is 1.02. The lowest BCUT2D eigenvalue weighted by Crippen LogP contribution is -2.04. The first-order valence-electron chi connectivity index (χ1n) is 5.79. The molecule has 0 saturated heterocycles. The highest BCUT2D eigenvalue weighted by atomic mass is 16.5. The summed E-state index contributed by atoms with van der Waals surface area (Å²) in [4.78, 5) is 4.38. The minimum Gasteiger partial charge on any atom is -0.494 e. The Labute approximate surface area is 99.8 Å². The fraction of sp³-hybridized carbons (Fsp3) is 0.308. The minimum atomic E-state index is 0.659. The maximum atomic E-state index is 5.74. The van der Waals surface area contributed by atoms with Gasteiger partial charge in [0, 0.05) is 18.5 Å². The molecule has 0 unspecified atom stereocenters. The second-order valence-electron chi connectivity index (χ2n) is 3.88. The van der Waals surface area contributed by atoms with E-state index in [-0.39, 0.29) is 0 Å². The average molecular weight is 230 g/mol. The lowest BCUT2D eigenvalue weighted by Gasteiger charge is -2.09. The van der Waals surface area contributed by atoms with E-state index in [0.717, 1.165) is 29.4 Å². The van der Waals surface area contributed by atoms with Crippen LogP contribution in [0, 0.1) is 0 Å². The Morgan fingerprint density at radius 3 is 3.29 bits per heavy atom. The Morgan fingerprint density at radius 2 is 2.41 bits per heavy atom. The fourth-order valence-corrected chi connectivity index (χ4v) is 2.05. The molecule has 0 aliphatic carbocycles. The highest BCUT2D eigenvalue weighted by molar-refractivity contribution is 5.66. The Balaban J connectivity index is 2.08. The molecular weight excluding hydrogens is 216 g/mol. The smallest absolute Gasteiger partial charge is 0.143 e. The molecule has 1 aliphatic rings. The van der Waals surface area contributed by atoms with Crippen LogP contribution in [0.3, 0.4) is 0 Å². The predicted molar refractivity (Wildman–Crippen MR) is 64.3 cm³/mol. The van der Waals surface area contributed by atoms with Crippen LogP contribution in [-0.4, -0.2) is 22.8 Å². The Morgan fingerprint density at radius 1 is 1.47 bits per heavy atom. The molecule has 4 nitrogen and oxygen atoms in total. The van der Waals surface area contributed by atoms with E-state index in [2.05, 4.69) is 9.55 Å². The first kappa shape index (κ1) is 10.2. The molecule has 0 bridgehead atoms. The number of fused-ring (bicyclic) bond motifs is 3. The van der Waals surface area contributed by atoms with Crippen LogP contribution in [0.1, 0.15) is 6.92 Å². The molecular formula is C13H14N2O2. The van der Waals surface area contributed by atoms with Crippen LogP contribution in [0.2, 0.25) is 0 Å². The lowest BCUT2D eigenvalue weighted by atomic mass is 10.2. The third-order valence-corrected chi connectivity index (χ3v) is 2.81. The molecule has 0 N–H and O–H groups in total. The molecule has 0 spiro atoms. The van der Waals surface area contributed by atoms with Gasteiger partial charge in [-0.15, -0.1) is 0 Å². The predicted octanol–water partition coefficient (Wildman–Crippen LogP) is 2.34. The summed E-state index contributed by atoms with van der Waals surface area (Å²) in [7, 11) is 0. The SMILES string of the molecule is CCOc1ccc2c(c1)OCCn1ccnc1-2. The number of rotatable bonds is 2. The van der Waals surface area contributed by atoms with Gasteiger partial charge in [0.05, 0.1) is 18.7 Å². The van der Waals surface area contributed by atoms with Gasteiger partial charge in [0.15, 0.2) is 0 Å². The van der Waals surface area contributed by atoms with E-state index >= 15 is 0 Å². The van der Waals surface area contributed by atoms with Gasteiger partial charge in [-0.05, 0) is 19.1 Å². The molecule has 0 radical (unpaired) electrons. The van der Waals surface area contributed by atoms with Gasteiger partial charge >= 0.3 is 0 Å². The van der Waals surface area contributed by atoms with E-state index in [4.69, 9.17) is 9.47 Å². The van der Waals surface area contributed by atoms with Crippen LogP contribution in [-0.2, 0) is 6.54 Å². The van der Waals surface area contributed by atoms with E-state index in [1.54, 1.807) is 0 Å². The number of hydrogen-bond acceptors (Lipinski definition) is 3. The molecule has 4 heteroatoms. The van der Waals surface area contributed by atoms with Crippen LogP contribution in [0.5, 0.6) is 11.5 Å². The van der Waals surface area contributed by atoms with Crippen LogP contribution >= 0.6 is 0 Å². The summed E-state index contributed by atoms with van der Waals surface area (Å²) < 4.78 is 13.3. The van der Waals surface area contributed by atoms with E-state index in [1.807, 2.05) is 37.5 Å². The Bertz CT molecular complexity index is 534. The Kier molecular flexibility index (Phi) is 2.48. The quantitative estimate of drug-likeness (QED) is 0.794. The Hall–Kier alpha value is -1.97. The third kappa shape index (κ3) is 1.75. The van der Waals surface area contributed by atoms with Crippen molar-refractivity contribution in [2.24, 2.45) is 0 Å². The van der Waals surface area contributed by atoms with Crippen molar-refractivity contribution in [3.05, 3.63) is 30.6 Å². The molecule has 0 amide bonds. The number of benzene rings is 1. The van der Waals surface area contributed by atoms with Crippen LogP contribution in [0.4, 0.5) is 0 Å². The monoisotopic (exact) mass is 230 g/mol.